The van der Waals surface area contributed by atoms with E-state index in [-0.39, 0.29) is 28.3 Å². The molecule has 2 aromatic rings. The van der Waals surface area contributed by atoms with Gasteiger partial charge < -0.3 is 14.4 Å². The van der Waals surface area contributed by atoms with Gasteiger partial charge in [-0.05, 0) is 50.6 Å². The molecule has 0 radical (unpaired) electrons. The van der Waals surface area contributed by atoms with Crippen LogP contribution in [0.4, 0.5) is 23.7 Å². The fourth-order valence-corrected chi connectivity index (χ4v) is 3.67. The van der Waals surface area contributed by atoms with Crippen molar-refractivity contribution in [1.29, 1.82) is 0 Å². The number of carbonyl (C=O) groups excluding carboxylic acids is 1. The van der Waals surface area contributed by atoms with Crippen LogP contribution in [0.25, 0.3) is 11.1 Å². The van der Waals surface area contributed by atoms with Gasteiger partial charge in [-0.25, -0.2) is 4.79 Å². The van der Waals surface area contributed by atoms with E-state index in [0.29, 0.717) is 31.0 Å². The Hall–Kier alpha value is -2.39. The van der Waals surface area contributed by atoms with Crippen LogP contribution >= 0.6 is 11.6 Å². The molecule has 172 valence electrons. The lowest BCUT2D eigenvalue weighted by Crippen LogP contribution is -2.53. The second-order valence-electron chi connectivity index (χ2n) is 8.53. The van der Waals surface area contributed by atoms with Gasteiger partial charge in [-0.3, -0.25) is 0 Å². The maximum atomic E-state index is 13.5. The third-order valence-electron chi connectivity index (χ3n) is 4.72. The van der Waals surface area contributed by atoms with Gasteiger partial charge in [0.15, 0.2) is 0 Å². The Morgan fingerprint density at radius 1 is 1.19 bits per heavy atom. The van der Waals surface area contributed by atoms with E-state index < -0.39 is 17.3 Å². The van der Waals surface area contributed by atoms with E-state index in [0.717, 1.165) is 6.07 Å². The second-order valence-corrected chi connectivity index (χ2v) is 9.12. The van der Waals surface area contributed by atoms with E-state index >= 15 is 0 Å². The molecular weight excluding hydrogens is 465 g/mol. The highest BCUT2D eigenvalue weighted by atomic mass is 35.5. The zero-order chi connectivity index (χ0) is 23.7. The molecule has 1 amide bonds. The van der Waals surface area contributed by atoms with Crippen molar-refractivity contribution in [2.24, 2.45) is 10.3 Å². The zero-order valence-corrected chi connectivity index (χ0v) is 19.3. The summed E-state index contributed by atoms with van der Waals surface area (Å²) in [7, 11) is 0. The van der Waals surface area contributed by atoms with Gasteiger partial charge in [-0.15, -0.1) is 0 Å². The SMILES string of the molecule is CC(C)(C)OC(=O)N1CC(COc2ccc(-c3c(Cl)cc(N=S)cc3C(F)(F)F)cc2)C1. The van der Waals surface area contributed by atoms with E-state index in [1.807, 2.05) is 20.8 Å². The summed E-state index contributed by atoms with van der Waals surface area (Å²) >= 11 is 10.6. The van der Waals surface area contributed by atoms with Gasteiger partial charge >= 0.3 is 12.3 Å². The first-order valence-electron chi connectivity index (χ1n) is 9.82. The fourth-order valence-electron chi connectivity index (χ4n) is 3.24. The van der Waals surface area contributed by atoms with Crippen LogP contribution in [0.2, 0.25) is 5.02 Å². The molecule has 1 fully saturated rings. The average molecular weight is 487 g/mol. The van der Waals surface area contributed by atoms with Crippen LogP contribution in [0, 0.1) is 5.92 Å². The van der Waals surface area contributed by atoms with Crippen molar-refractivity contribution in [3.63, 3.8) is 0 Å². The van der Waals surface area contributed by atoms with Crippen molar-refractivity contribution in [2.45, 2.75) is 32.5 Å². The van der Waals surface area contributed by atoms with E-state index in [1.165, 1.54) is 18.2 Å². The van der Waals surface area contributed by atoms with Crippen LogP contribution in [0.3, 0.4) is 0 Å². The molecular formula is C22H22ClF3N2O3S. The lowest BCUT2D eigenvalue weighted by Gasteiger charge is -2.39. The minimum Gasteiger partial charge on any atom is -0.493 e. The average Bonchev–Trinajstić information content (AvgIpc) is 2.64. The Morgan fingerprint density at radius 3 is 2.34 bits per heavy atom. The lowest BCUT2D eigenvalue weighted by molar-refractivity contribution is -0.137. The number of rotatable bonds is 5. The highest BCUT2D eigenvalue weighted by Crippen LogP contribution is 2.43. The number of benzene rings is 2. The van der Waals surface area contributed by atoms with Gasteiger partial charge in [0.2, 0.25) is 0 Å². The number of carbonyl (C=O) groups is 1. The Bertz CT molecular complexity index is 1000. The second kappa shape index (κ2) is 9.23. The molecule has 0 N–H and O–H groups in total. The van der Waals surface area contributed by atoms with Crippen LogP contribution in [-0.4, -0.2) is 36.3 Å². The summed E-state index contributed by atoms with van der Waals surface area (Å²) < 4.78 is 55.1. The minimum absolute atomic E-state index is 0.0260. The summed E-state index contributed by atoms with van der Waals surface area (Å²) in [5, 5.41) is -0.0891. The monoisotopic (exact) mass is 486 g/mol. The van der Waals surface area contributed by atoms with E-state index in [1.54, 1.807) is 17.0 Å². The molecule has 0 atom stereocenters. The first kappa shape index (κ1) is 24.3. The third kappa shape index (κ3) is 5.89. The largest absolute Gasteiger partial charge is 0.493 e. The van der Waals surface area contributed by atoms with Gasteiger partial charge in [0.25, 0.3) is 0 Å². The quantitative estimate of drug-likeness (QED) is 0.475. The zero-order valence-electron chi connectivity index (χ0n) is 17.7. The van der Waals surface area contributed by atoms with Gasteiger partial charge in [0, 0.05) is 37.0 Å². The van der Waals surface area contributed by atoms with Gasteiger partial charge in [-0.1, -0.05) is 23.7 Å². The number of hydrogen-bond donors (Lipinski definition) is 0. The van der Waals surface area contributed by atoms with E-state index in [2.05, 4.69) is 16.8 Å². The first-order chi connectivity index (χ1) is 14.9. The Morgan fingerprint density at radius 2 is 1.81 bits per heavy atom. The van der Waals surface area contributed by atoms with Crippen LogP contribution in [0.15, 0.2) is 40.8 Å². The molecule has 0 aromatic heterocycles. The van der Waals surface area contributed by atoms with E-state index in [4.69, 9.17) is 21.1 Å². The maximum Gasteiger partial charge on any atom is 0.417 e. The predicted octanol–water partition coefficient (Wildman–Crippen LogP) is 6.63. The molecule has 1 heterocycles. The Kier molecular flexibility index (Phi) is 7.00. The summed E-state index contributed by atoms with van der Waals surface area (Å²) in [4.78, 5) is 13.6. The Balaban J connectivity index is 1.64. The minimum atomic E-state index is -4.62. The number of ether oxygens (including phenoxy) is 2. The Labute approximate surface area is 194 Å². The highest BCUT2D eigenvalue weighted by molar-refractivity contribution is 7.47. The molecule has 1 aliphatic rings. The molecule has 0 spiro atoms. The molecule has 32 heavy (non-hydrogen) atoms. The first-order valence-corrected chi connectivity index (χ1v) is 10.6. The standard InChI is InChI=1S/C22H22ClF3N2O3S/c1-21(2,3)31-20(29)28-10-13(11-28)12-30-16-6-4-14(5-7-16)19-17(22(24,25)26)8-15(27-32)9-18(19)23/h4-9,13H,10-12H2,1-3H3. The summed E-state index contributed by atoms with van der Waals surface area (Å²) in [6.07, 6.45) is -4.97. The lowest BCUT2D eigenvalue weighted by atomic mass is 9.98. The summed E-state index contributed by atoms with van der Waals surface area (Å²) in [5.41, 5.74) is -1.32. The molecule has 1 aliphatic heterocycles. The van der Waals surface area contributed by atoms with Crippen molar-refractivity contribution in [3.8, 4) is 16.9 Å². The molecule has 10 heteroatoms. The number of likely N-dealkylation sites (tertiary alicyclic amines) is 1. The number of alkyl halides is 3. The summed E-state index contributed by atoms with van der Waals surface area (Å²) in [6, 6.07) is 8.39. The normalized spacial score (nSPS) is 14.7. The fraction of sp³-hybridized carbons (Fsp3) is 0.409. The number of amides is 1. The van der Waals surface area contributed by atoms with Crippen LogP contribution in [0.5, 0.6) is 5.75 Å². The molecule has 3 rings (SSSR count). The number of hydrogen-bond acceptors (Lipinski definition) is 5. The molecule has 1 saturated heterocycles. The van der Waals surface area contributed by atoms with E-state index in [9.17, 15) is 18.0 Å². The van der Waals surface area contributed by atoms with Crippen molar-refractivity contribution in [2.75, 3.05) is 19.7 Å². The molecule has 0 bridgehead atoms. The molecule has 0 unspecified atom stereocenters. The molecule has 5 nitrogen and oxygen atoms in total. The number of nitrogens with zero attached hydrogens (tertiary/aromatic N) is 2. The topological polar surface area (TPSA) is 51.1 Å². The molecule has 2 aromatic carbocycles. The predicted molar refractivity (Wildman–Crippen MR) is 118 cm³/mol. The van der Waals surface area contributed by atoms with Crippen LogP contribution in [0.1, 0.15) is 26.3 Å². The van der Waals surface area contributed by atoms with Gasteiger partial charge in [-0.2, -0.15) is 17.5 Å². The molecule has 0 aliphatic carbocycles. The van der Waals surface area contributed by atoms with Crippen molar-refractivity contribution >= 4 is 35.8 Å². The van der Waals surface area contributed by atoms with Crippen LogP contribution in [-0.2, 0) is 23.3 Å². The van der Waals surface area contributed by atoms with Crippen molar-refractivity contribution in [3.05, 3.63) is 47.0 Å². The molecule has 0 saturated carbocycles. The number of halogens is 4. The third-order valence-corrected chi connectivity index (χ3v) is 5.23. The van der Waals surface area contributed by atoms with Crippen LogP contribution < -0.4 is 4.74 Å². The highest BCUT2D eigenvalue weighted by Gasteiger charge is 2.36. The van der Waals surface area contributed by atoms with Crippen molar-refractivity contribution < 1.29 is 27.4 Å². The maximum absolute atomic E-state index is 13.5. The smallest absolute Gasteiger partial charge is 0.417 e. The summed E-state index contributed by atoms with van der Waals surface area (Å²) in [6.45, 7) is 6.85. The van der Waals surface area contributed by atoms with Crippen molar-refractivity contribution in [1.82, 2.24) is 4.90 Å². The summed E-state index contributed by atoms with van der Waals surface area (Å²) in [5.74, 6) is 0.662. The van der Waals surface area contributed by atoms with Gasteiger partial charge in [0.1, 0.15) is 11.4 Å². The van der Waals surface area contributed by atoms with Gasteiger partial charge in [0.05, 0.1) is 22.9 Å².